The van der Waals surface area contributed by atoms with Crippen molar-refractivity contribution in [2.24, 2.45) is 0 Å². The van der Waals surface area contributed by atoms with Gasteiger partial charge in [-0.25, -0.2) is 0 Å². The van der Waals surface area contributed by atoms with Crippen LogP contribution in [0, 0.1) is 6.92 Å². The van der Waals surface area contributed by atoms with Gasteiger partial charge in [-0.05, 0) is 37.6 Å². The van der Waals surface area contributed by atoms with Crippen molar-refractivity contribution in [3.8, 4) is 23.0 Å². The standard InChI is InChI=1S/C21H26O4/c1-4-5-6-7-12-24-21-19(23-3)13-17(15-22)14-20(21)25-18-10-8-16(2)9-11-18/h8-11,13-15H,4-7,12H2,1-3H3. The average molecular weight is 342 g/mol. The highest BCUT2D eigenvalue weighted by molar-refractivity contribution is 5.78. The summed E-state index contributed by atoms with van der Waals surface area (Å²) in [5.74, 6) is 2.21. The molecule has 0 saturated carbocycles. The highest BCUT2D eigenvalue weighted by Gasteiger charge is 2.15. The number of hydrogen-bond donors (Lipinski definition) is 0. The summed E-state index contributed by atoms with van der Waals surface area (Å²) < 4.78 is 17.3. The van der Waals surface area contributed by atoms with Crippen molar-refractivity contribution in [1.29, 1.82) is 0 Å². The van der Waals surface area contributed by atoms with Crippen LogP contribution in [-0.2, 0) is 0 Å². The second-order valence-corrected chi connectivity index (χ2v) is 5.99. The van der Waals surface area contributed by atoms with E-state index >= 15 is 0 Å². The number of aryl methyl sites for hydroxylation is 1. The number of rotatable bonds is 10. The lowest BCUT2D eigenvalue weighted by atomic mass is 10.2. The molecule has 4 nitrogen and oxygen atoms in total. The number of benzene rings is 2. The van der Waals surface area contributed by atoms with Crippen LogP contribution < -0.4 is 14.2 Å². The Hall–Kier alpha value is -2.49. The minimum Gasteiger partial charge on any atom is -0.493 e. The fourth-order valence-corrected chi connectivity index (χ4v) is 2.47. The van der Waals surface area contributed by atoms with Gasteiger partial charge in [-0.1, -0.05) is 43.9 Å². The molecule has 0 saturated heterocycles. The molecule has 0 heterocycles. The second kappa shape index (κ2) is 9.72. The smallest absolute Gasteiger partial charge is 0.204 e. The molecule has 0 radical (unpaired) electrons. The summed E-state index contributed by atoms with van der Waals surface area (Å²) in [4.78, 5) is 11.2. The van der Waals surface area contributed by atoms with Crippen molar-refractivity contribution in [3.63, 3.8) is 0 Å². The van der Waals surface area contributed by atoms with E-state index in [2.05, 4.69) is 6.92 Å². The second-order valence-electron chi connectivity index (χ2n) is 5.99. The molecule has 0 spiro atoms. The summed E-state index contributed by atoms with van der Waals surface area (Å²) in [7, 11) is 1.56. The topological polar surface area (TPSA) is 44.8 Å². The van der Waals surface area contributed by atoms with E-state index in [-0.39, 0.29) is 0 Å². The molecule has 134 valence electrons. The monoisotopic (exact) mass is 342 g/mol. The zero-order chi connectivity index (χ0) is 18.1. The van der Waals surface area contributed by atoms with Crippen molar-refractivity contribution in [2.45, 2.75) is 39.5 Å². The van der Waals surface area contributed by atoms with Gasteiger partial charge in [0.2, 0.25) is 5.75 Å². The van der Waals surface area contributed by atoms with Crippen LogP contribution in [0.25, 0.3) is 0 Å². The maximum atomic E-state index is 11.2. The van der Waals surface area contributed by atoms with Crippen LogP contribution >= 0.6 is 0 Å². The Morgan fingerprint density at radius 1 is 1.00 bits per heavy atom. The lowest BCUT2D eigenvalue weighted by Gasteiger charge is -2.16. The summed E-state index contributed by atoms with van der Waals surface area (Å²) in [5.41, 5.74) is 1.64. The highest BCUT2D eigenvalue weighted by atomic mass is 16.5. The van der Waals surface area contributed by atoms with Gasteiger partial charge in [0.25, 0.3) is 0 Å². The molecule has 4 heteroatoms. The third-order valence-corrected chi connectivity index (χ3v) is 3.89. The third-order valence-electron chi connectivity index (χ3n) is 3.89. The fraction of sp³-hybridized carbons (Fsp3) is 0.381. The molecule has 0 aromatic heterocycles. The zero-order valence-electron chi connectivity index (χ0n) is 15.2. The molecular weight excluding hydrogens is 316 g/mol. The molecule has 0 aliphatic heterocycles. The highest BCUT2D eigenvalue weighted by Crippen LogP contribution is 2.40. The summed E-state index contributed by atoms with van der Waals surface area (Å²) in [6, 6.07) is 11.1. The number of hydrogen-bond acceptors (Lipinski definition) is 4. The first-order chi connectivity index (χ1) is 12.2. The molecule has 2 aromatic carbocycles. The predicted molar refractivity (Wildman–Crippen MR) is 99.3 cm³/mol. The van der Waals surface area contributed by atoms with Gasteiger partial charge < -0.3 is 14.2 Å². The number of unbranched alkanes of at least 4 members (excludes halogenated alkanes) is 3. The van der Waals surface area contributed by atoms with Gasteiger partial charge in [-0.3, -0.25) is 4.79 Å². The van der Waals surface area contributed by atoms with Gasteiger partial charge in [-0.2, -0.15) is 0 Å². The van der Waals surface area contributed by atoms with Crippen LogP contribution in [-0.4, -0.2) is 20.0 Å². The molecule has 0 aliphatic carbocycles. The van der Waals surface area contributed by atoms with Crippen molar-refractivity contribution in [3.05, 3.63) is 47.5 Å². The quantitative estimate of drug-likeness (QED) is 0.418. The molecule has 0 amide bonds. The normalized spacial score (nSPS) is 10.4. The molecule has 0 fully saturated rings. The predicted octanol–water partition coefficient (Wildman–Crippen LogP) is 5.57. The molecular formula is C21H26O4. The molecule has 0 bridgehead atoms. The Morgan fingerprint density at radius 2 is 1.72 bits per heavy atom. The van der Waals surface area contributed by atoms with Gasteiger partial charge in [0.15, 0.2) is 11.5 Å². The Morgan fingerprint density at radius 3 is 2.36 bits per heavy atom. The van der Waals surface area contributed by atoms with Gasteiger partial charge in [0.1, 0.15) is 12.0 Å². The van der Waals surface area contributed by atoms with E-state index in [1.807, 2.05) is 31.2 Å². The number of ether oxygens (including phenoxy) is 3. The Balaban J connectivity index is 2.23. The van der Waals surface area contributed by atoms with Crippen molar-refractivity contribution in [2.75, 3.05) is 13.7 Å². The van der Waals surface area contributed by atoms with E-state index in [0.717, 1.165) is 24.7 Å². The number of methoxy groups -OCH3 is 1. The van der Waals surface area contributed by atoms with E-state index in [9.17, 15) is 4.79 Å². The Kier molecular flexibility index (Phi) is 7.33. The number of aldehydes is 1. The third kappa shape index (κ3) is 5.52. The van der Waals surface area contributed by atoms with E-state index in [0.29, 0.717) is 35.2 Å². The van der Waals surface area contributed by atoms with E-state index in [1.165, 1.54) is 12.8 Å². The van der Waals surface area contributed by atoms with Crippen LogP contribution in [0.2, 0.25) is 0 Å². The summed E-state index contributed by atoms with van der Waals surface area (Å²) >= 11 is 0. The zero-order valence-corrected chi connectivity index (χ0v) is 15.2. The van der Waals surface area contributed by atoms with Crippen LogP contribution in [0.3, 0.4) is 0 Å². The first-order valence-corrected chi connectivity index (χ1v) is 8.72. The first-order valence-electron chi connectivity index (χ1n) is 8.72. The van der Waals surface area contributed by atoms with Crippen LogP contribution in [0.15, 0.2) is 36.4 Å². The van der Waals surface area contributed by atoms with Gasteiger partial charge in [0.05, 0.1) is 13.7 Å². The summed E-state index contributed by atoms with van der Waals surface area (Å²) in [6.45, 7) is 4.78. The maximum absolute atomic E-state index is 11.2. The van der Waals surface area contributed by atoms with Crippen molar-refractivity contribution < 1.29 is 19.0 Å². The maximum Gasteiger partial charge on any atom is 0.204 e. The van der Waals surface area contributed by atoms with E-state index in [1.54, 1.807) is 19.2 Å². The molecule has 2 rings (SSSR count). The lowest BCUT2D eigenvalue weighted by Crippen LogP contribution is -2.02. The van der Waals surface area contributed by atoms with Crippen LogP contribution in [0.5, 0.6) is 23.0 Å². The average Bonchev–Trinajstić information content (AvgIpc) is 2.63. The molecule has 25 heavy (non-hydrogen) atoms. The van der Waals surface area contributed by atoms with E-state index < -0.39 is 0 Å². The van der Waals surface area contributed by atoms with E-state index in [4.69, 9.17) is 14.2 Å². The molecule has 0 unspecified atom stereocenters. The molecule has 2 aromatic rings. The first kappa shape index (κ1) is 18.8. The largest absolute Gasteiger partial charge is 0.493 e. The van der Waals surface area contributed by atoms with Crippen molar-refractivity contribution >= 4 is 6.29 Å². The van der Waals surface area contributed by atoms with Gasteiger partial charge in [0, 0.05) is 5.56 Å². The van der Waals surface area contributed by atoms with Crippen LogP contribution in [0.4, 0.5) is 0 Å². The Bertz CT molecular complexity index is 677. The lowest BCUT2D eigenvalue weighted by molar-refractivity contribution is 0.112. The summed E-state index contributed by atoms with van der Waals surface area (Å²) in [5, 5.41) is 0. The molecule has 0 aliphatic rings. The Labute approximate surface area is 149 Å². The van der Waals surface area contributed by atoms with Gasteiger partial charge in [-0.15, -0.1) is 0 Å². The number of carbonyl (C=O) groups excluding carboxylic acids is 1. The minimum absolute atomic E-state index is 0.484. The summed E-state index contributed by atoms with van der Waals surface area (Å²) in [6.07, 6.45) is 5.24. The van der Waals surface area contributed by atoms with Crippen LogP contribution in [0.1, 0.15) is 48.5 Å². The van der Waals surface area contributed by atoms with Gasteiger partial charge >= 0.3 is 0 Å². The fourth-order valence-electron chi connectivity index (χ4n) is 2.47. The molecule has 0 atom stereocenters. The van der Waals surface area contributed by atoms with Crippen molar-refractivity contribution in [1.82, 2.24) is 0 Å². The molecule has 0 N–H and O–H groups in total. The SMILES string of the molecule is CCCCCCOc1c(OC)cc(C=O)cc1Oc1ccc(C)cc1. The minimum atomic E-state index is 0.484. The number of carbonyl (C=O) groups is 1.